The number of likely N-dealkylation sites (tertiary alicyclic amines) is 1. The number of pyridine rings is 1. The van der Waals surface area contributed by atoms with Gasteiger partial charge in [-0.3, -0.25) is 4.79 Å². The Morgan fingerprint density at radius 1 is 1.36 bits per heavy atom. The fraction of sp³-hybridized carbons (Fsp3) is 0.556. The van der Waals surface area contributed by atoms with E-state index in [0.717, 1.165) is 11.9 Å². The quantitative estimate of drug-likeness (QED) is 0.800. The molecule has 0 radical (unpaired) electrons. The molecule has 2 aromatic rings. The highest BCUT2D eigenvalue weighted by Crippen LogP contribution is 2.23. The van der Waals surface area contributed by atoms with Crippen LogP contribution in [-0.2, 0) is 11.3 Å². The van der Waals surface area contributed by atoms with Crippen molar-refractivity contribution in [2.75, 3.05) is 13.1 Å². The topological polar surface area (TPSA) is 77.3 Å². The predicted octanol–water partition coefficient (Wildman–Crippen LogP) is 2.89. The number of fused-ring (bicyclic) bond motifs is 1. The molecule has 1 aliphatic heterocycles. The van der Waals surface area contributed by atoms with Gasteiger partial charge in [0.05, 0.1) is 0 Å². The molecule has 134 valence electrons. The van der Waals surface area contributed by atoms with Crippen LogP contribution < -0.4 is 0 Å². The van der Waals surface area contributed by atoms with Crippen molar-refractivity contribution in [1.82, 2.24) is 19.4 Å². The number of hydrogen-bond acceptors (Lipinski definition) is 5. The first-order valence-corrected chi connectivity index (χ1v) is 8.55. The lowest BCUT2D eigenvalue weighted by Crippen LogP contribution is -2.35. The van der Waals surface area contributed by atoms with E-state index in [1.807, 2.05) is 37.5 Å². The second kappa shape index (κ2) is 6.46. The number of carbonyl (C=O) groups excluding carboxylic acids is 2. The van der Waals surface area contributed by atoms with Crippen molar-refractivity contribution >= 4 is 23.0 Å². The van der Waals surface area contributed by atoms with Crippen molar-refractivity contribution in [2.24, 2.45) is 5.92 Å². The summed E-state index contributed by atoms with van der Waals surface area (Å²) in [6.45, 7) is 8.98. The Labute approximate surface area is 147 Å². The number of rotatable bonds is 3. The molecular weight excluding hydrogens is 320 g/mol. The van der Waals surface area contributed by atoms with Crippen molar-refractivity contribution in [1.29, 1.82) is 0 Å². The van der Waals surface area contributed by atoms with Crippen molar-refractivity contribution in [3.05, 3.63) is 24.2 Å². The van der Waals surface area contributed by atoms with Gasteiger partial charge in [-0.15, -0.1) is 0 Å². The Kier molecular flexibility index (Phi) is 4.49. The molecule has 1 amide bonds. The Hall–Kier alpha value is -2.44. The smallest absolute Gasteiger partial charge is 0.410 e. The zero-order chi connectivity index (χ0) is 18.2. The summed E-state index contributed by atoms with van der Waals surface area (Å²) in [5.41, 5.74) is 0.930. The van der Waals surface area contributed by atoms with Crippen molar-refractivity contribution in [3.8, 4) is 0 Å². The molecule has 1 saturated heterocycles. The minimum Gasteiger partial charge on any atom is -0.444 e. The highest BCUT2D eigenvalue weighted by Gasteiger charge is 2.31. The van der Waals surface area contributed by atoms with Gasteiger partial charge in [0, 0.05) is 32.8 Å². The van der Waals surface area contributed by atoms with Crippen LogP contribution in [-0.4, -0.2) is 50.0 Å². The monoisotopic (exact) mass is 344 g/mol. The van der Waals surface area contributed by atoms with E-state index in [-0.39, 0.29) is 17.8 Å². The van der Waals surface area contributed by atoms with Gasteiger partial charge >= 0.3 is 6.09 Å². The van der Waals surface area contributed by atoms with Gasteiger partial charge in [0.1, 0.15) is 11.1 Å². The number of Topliss-reactive ketones (excluding diaryl/α,β-unsaturated/α-hetero) is 1. The molecule has 25 heavy (non-hydrogen) atoms. The normalized spacial score (nSPS) is 17.9. The molecule has 7 nitrogen and oxygen atoms in total. The maximum Gasteiger partial charge on any atom is 0.410 e. The maximum absolute atomic E-state index is 12.2. The number of aromatic nitrogens is 3. The maximum atomic E-state index is 12.2. The number of hydrogen-bond donors (Lipinski definition) is 0. The fourth-order valence-corrected chi connectivity index (χ4v) is 3.13. The molecule has 2 aromatic heterocycles. The molecule has 0 aromatic carbocycles. The summed E-state index contributed by atoms with van der Waals surface area (Å²) in [5, 5.41) is 0. The molecule has 7 heteroatoms. The Bertz CT molecular complexity index is 806. The van der Waals surface area contributed by atoms with Crippen LogP contribution in [0.2, 0.25) is 0 Å². The molecule has 0 N–H and O–H groups in total. The number of carbonyl (C=O) groups is 2. The summed E-state index contributed by atoms with van der Waals surface area (Å²) >= 11 is 0. The number of nitrogens with zero attached hydrogens (tertiary/aromatic N) is 4. The van der Waals surface area contributed by atoms with Crippen LogP contribution in [0.1, 0.15) is 44.7 Å². The summed E-state index contributed by atoms with van der Waals surface area (Å²) in [5.74, 6) is 0.578. The van der Waals surface area contributed by atoms with Gasteiger partial charge in [0.25, 0.3) is 0 Å². The minimum absolute atomic E-state index is 0.0833. The average molecular weight is 344 g/mol. The van der Waals surface area contributed by atoms with Gasteiger partial charge in [-0.05, 0) is 45.2 Å². The minimum atomic E-state index is -0.499. The third-order valence-corrected chi connectivity index (χ3v) is 4.20. The molecule has 0 saturated carbocycles. The molecule has 0 unspecified atom stereocenters. The lowest BCUT2D eigenvalue weighted by Gasteiger charge is -2.24. The molecule has 1 atom stereocenters. The first-order chi connectivity index (χ1) is 11.7. The van der Waals surface area contributed by atoms with Crippen molar-refractivity contribution in [2.45, 2.75) is 46.3 Å². The number of ether oxygens (including phenoxy) is 1. The van der Waals surface area contributed by atoms with E-state index in [1.54, 1.807) is 11.1 Å². The first-order valence-electron chi connectivity index (χ1n) is 8.55. The van der Waals surface area contributed by atoms with E-state index in [1.165, 1.54) is 6.92 Å². The molecule has 3 heterocycles. The van der Waals surface area contributed by atoms with Gasteiger partial charge in [0.2, 0.25) is 0 Å². The Balaban J connectivity index is 1.76. The third-order valence-electron chi connectivity index (χ3n) is 4.20. The highest BCUT2D eigenvalue weighted by atomic mass is 16.6. The van der Waals surface area contributed by atoms with Crippen LogP contribution in [0.3, 0.4) is 0 Å². The number of amides is 1. The average Bonchev–Trinajstić information content (AvgIpc) is 3.11. The standard InChI is InChI=1S/C18H24N4O3/c1-12(23)15-20-14-6-5-8-19-16(14)22(15)11-13-7-9-21(10-13)17(24)25-18(2,3)4/h5-6,8,13H,7,9-11H2,1-4H3/t13-/m1/s1. The summed E-state index contributed by atoms with van der Waals surface area (Å²) < 4.78 is 7.31. The lowest BCUT2D eigenvalue weighted by atomic mass is 10.1. The second-order valence-electron chi connectivity index (χ2n) is 7.53. The zero-order valence-electron chi connectivity index (χ0n) is 15.2. The highest BCUT2D eigenvalue weighted by molar-refractivity contribution is 5.94. The summed E-state index contributed by atoms with van der Waals surface area (Å²) in [6.07, 6.45) is 2.28. The second-order valence-corrected chi connectivity index (χ2v) is 7.53. The SMILES string of the molecule is CC(=O)c1nc2cccnc2n1C[C@@H]1CCN(C(=O)OC(C)(C)C)C1. The number of ketones is 1. The van der Waals surface area contributed by atoms with E-state index in [0.29, 0.717) is 31.1 Å². The van der Waals surface area contributed by atoms with E-state index in [2.05, 4.69) is 9.97 Å². The van der Waals surface area contributed by atoms with Gasteiger partial charge in [-0.2, -0.15) is 0 Å². The predicted molar refractivity (Wildman–Crippen MR) is 93.4 cm³/mol. The van der Waals surface area contributed by atoms with Crippen molar-refractivity contribution < 1.29 is 14.3 Å². The van der Waals surface area contributed by atoms with Crippen molar-refractivity contribution in [3.63, 3.8) is 0 Å². The van der Waals surface area contributed by atoms with E-state index in [9.17, 15) is 9.59 Å². The van der Waals surface area contributed by atoms with E-state index < -0.39 is 5.60 Å². The molecule has 0 bridgehead atoms. The van der Waals surface area contributed by atoms with Crippen LogP contribution in [0.5, 0.6) is 0 Å². The van der Waals surface area contributed by atoms with Crippen LogP contribution in [0.4, 0.5) is 4.79 Å². The van der Waals surface area contributed by atoms with Gasteiger partial charge in [-0.25, -0.2) is 14.8 Å². The lowest BCUT2D eigenvalue weighted by molar-refractivity contribution is 0.0287. The van der Waals surface area contributed by atoms with E-state index >= 15 is 0 Å². The van der Waals surface area contributed by atoms with Crippen LogP contribution >= 0.6 is 0 Å². The fourth-order valence-electron chi connectivity index (χ4n) is 3.13. The summed E-state index contributed by atoms with van der Waals surface area (Å²) in [4.78, 5) is 34.7. The van der Waals surface area contributed by atoms with Gasteiger partial charge in [0.15, 0.2) is 17.3 Å². The first kappa shape index (κ1) is 17.4. The van der Waals surface area contributed by atoms with E-state index in [4.69, 9.17) is 4.74 Å². The zero-order valence-corrected chi connectivity index (χ0v) is 15.2. The van der Waals surface area contributed by atoms with Gasteiger partial charge in [-0.1, -0.05) is 0 Å². The Morgan fingerprint density at radius 2 is 2.12 bits per heavy atom. The van der Waals surface area contributed by atoms with Crippen LogP contribution in [0.25, 0.3) is 11.2 Å². The molecule has 1 fully saturated rings. The Morgan fingerprint density at radius 3 is 2.80 bits per heavy atom. The molecule has 3 rings (SSSR count). The van der Waals surface area contributed by atoms with Crippen LogP contribution in [0, 0.1) is 5.92 Å². The molecule has 1 aliphatic rings. The third kappa shape index (κ3) is 3.81. The molecular formula is C18H24N4O3. The largest absolute Gasteiger partial charge is 0.444 e. The van der Waals surface area contributed by atoms with Gasteiger partial charge < -0.3 is 14.2 Å². The summed E-state index contributed by atoms with van der Waals surface area (Å²) in [6, 6.07) is 3.66. The molecule has 0 aliphatic carbocycles. The molecule has 0 spiro atoms. The number of imidazole rings is 1. The van der Waals surface area contributed by atoms with Crippen LogP contribution in [0.15, 0.2) is 18.3 Å². The summed E-state index contributed by atoms with van der Waals surface area (Å²) in [7, 11) is 0.